The average molecular weight is 294 g/mol. The van der Waals surface area contributed by atoms with Gasteiger partial charge in [-0.25, -0.2) is 10.3 Å². The SMILES string of the molecule is CC(C)(C)OC(=O)NCc1ccccc1CCC(=O)NO. The van der Waals surface area contributed by atoms with Gasteiger partial charge in [0.05, 0.1) is 0 Å². The first-order valence-electron chi connectivity index (χ1n) is 6.78. The maximum atomic E-state index is 11.6. The Kier molecular flexibility index (Phi) is 6.17. The molecule has 1 aromatic rings. The van der Waals surface area contributed by atoms with Crippen LogP contribution >= 0.6 is 0 Å². The van der Waals surface area contributed by atoms with Gasteiger partial charge < -0.3 is 10.1 Å². The summed E-state index contributed by atoms with van der Waals surface area (Å²) >= 11 is 0. The number of alkyl carbamates (subject to hydrolysis) is 1. The highest BCUT2D eigenvalue weighted by Gasteiger charge is 2.16. The molecule has 0 aliphatic heterocycles. The molecular weight excluding hydrogens is 272 g/mol. The molecule has 116 valence electrons. The molecule has 0 aromatic heterocycles. The first-order valence-corrected chi connectivity index (χ1v) is 6.78. The van der Waals surface area contributed by atoms with Crippen LogP contribution in [0.15, 0.2) is 24.3 Å². The number of hydroxylamine groups is 1. The zero-order valence-electron chi connectivity index (χ0n) is 12.6. The van der Waals surface area contributed by atoms with Crippen LogP contribution in [0.5, 0.6) is 0 Å². The van der Waals surface area contributed by atoms with Crippen molar-refractivity contribution in [1.82, 2.24) is 10.8 Å². The number of amides is 2. The fourth-order valence-corrected chi connectivity index (χ4v) is 1.76. The molecule has 0 saturated carbocycles. The molecule has 3 N–H and O–H groups in total. The van der Waals surface area contributed by atoms with Gasteiger partial charge in [0, 0.05) is 13.0 Å². The van der Waals surface area contributed by atoms with Gasteiger partial charge in [0.25, 0.3) is 0 Å². The van der Waals surface area contributed by atoms with Crippen molar-refractivity contribution in [1.29, 1.82) is 0 Å². The van der Waals surface area contributed by atoms with Crippen molar-refractivity contribution in [3.8, 4) is 0 Å². The predicted molar refractivity (Wildman–Crippen MR) is 77.8 cm³/mol. The standard InChI is InChI=1S/C15H22N2O4/c1-15(2,3)21-14(19)16-10-12-7-5-4-6-11(12)8-9-13(18)17-20/h4-7,20H,8-10H2,1-3H3,(H,16,19)(H,17,18). The molecule has 0 spiro atoms. The van der Waals surface area contributed by atoms with E-state index in [1.165, 1.54) is 0 Å². The van der Waals surface area contributed by atoms with Gasteiger partial charge in [-0.2, -0.15) is 0 Å². The molecule has 6 nitrogen and oxygen atoms in total. The molecular formula is C15H22N2O4. The molecule has 0 radical (unpaired) electrons. The lowest BCUT2D eigenvalue weighted by molar-refractivity contribution is -0.129. The molecule has 1 aromatic carbocycles. The smallest absolute Gasteiger partial charge is 0.407 e. The largest absolute Gasteiger partial charge is 0.444 e. The molecule has 0 aliphatic rings. The molecule has 6 heteroatoms. The highest BCUT2D eigenvalue weighted by atomic mass is 16.6. The van der Waals surface area contributed by atoms with E-state index < -0.39 is 17.6 Å². The van der Waals surface area contributed by atoms with E-state index >= 15 is 0 Å². The minimum Gasteiger partial charge on any atom is -0.444 e. The zero-order chi connectivity index (χ0) is 15.9. The summed E-state index contributed by atoms with van der Waals surface area (Å²) in [6.07, 6.45) is 0.184. The minimum atomic E-state index is -0.539. The van der Waals surface area contributed by atoms with Crippen molar-refractivity contribution in [3.63, 3.8) is 0 Å². The number of carbonyl (C=O) groups excluding carboxylic acids is 2. The van der Waals surface area contributed by atoms with Gasteiger partial charge in [0.1, 0.15) is 5.60 Å². The van der Waals surface area contributed by atoms with Gasteiger partial charge in [-0.15, -0.1) is 0 Å². The summed E-state index contributed by atoms with van der Waals surface area (Å²) in [7, 11) is 0. The Labute approximate surface area is 124 Å². The van der Waals surface area contributed by atoms with Crippen molar-refractivity contribution in [3.05, 3.63) is 35.4 Å². The van der Waals surface area contributed by atoms with Crippen molar-refractivity contribution < 1.29 is 19.5 Å². The Hall–Kier alpha value is -2.08. The molecule has 0 bridgehead atoms. The molecule has 0 unspecified atom stereocenters. The van der Waals surface area contributed by atoms with Crippen molar-refractivity contribution in [2.75, 3.05) is 0 Å². The van der Waals surface area contributed by atoms with Crippen molar-refractivity contribution in [2.45, 2.75) is 45.8 Å². The normalized spacial score (nSPS) is 10.9. The van der Waals surface area contributed by atoms with E-state index in [1.54, 1.807) is 26.3 Å². The van der Waals surface area contributed by atoms with Crippen LogP contribution in [0.3, 0.4) is 0 Å². The van der Waals surface area contributed by atoms with Crippen LogP contribution in [0.4, 0.5) is 4.79 Å². The second-order valence-electron chi connectivity index (χ2n) is 5.66. The van der Waals surface area contributed by atoms with Crippen LogP contribution in [-0.2, 0) is 22.5 Å². The van der Waals surface area contributed by atoms with Crippen LogP contribution in [0, 0.1) is 0 Å². The van der Waals surface area contributed by atoms with Gasteiger partial charge in [-0.1, -0.05) is 24.3 Å². The van der Waals surface area contributed by atoms with E-state index in [2.05, 4.69) is 5.32 Å². The summed E-state index contributed by atoms with van der Waals surface area (Å²) in [6, 6.07) is 7.49. The first-order chi connectivity index (χ1) is 9.81. The summed E-state index contributed by atoms with van der Waals surface area (Å²) in [5.74, 6) is -0.440. The molecule has 0 atom stereocenters. The van der Waals surface area contributed by atoms with E-state index in [9.17, 15) is 9.59 Å². The summed E-state index contributed by atoms with van der Waals surface area (Å²) in [6.45, 7) is 5.72. The fraction of sp³-hybridized carbons (Fsp3) is 0.467. The number of nitrogens with one attached hydrogen (secondary N) is 2. The number of hydrogen-bond acceptors (Lipinski definition) is 4. The third kappa shape index (κ3) is 6.76. The topological polar surface area (TPSA) is 87.7 Å². The summed E-state index contributed by atoms with van der Waals surface area (Å²) in [5, 5.41) is 11.2. The van der Waals surface area contributed by atoms with Gasteiger partial charge in [-0.3, -0.25) is 10.0 Å². The predicted octanol–water partition coefficient (Wildman–Crippen LogP) is 2.15. The number of carbonyl (C=O) groups is 2. The fourth-order valence-electron chi connectivity index (χ4n) is 1.76. The average Bonchev–Trinajstić information content (AvgIpc) is 2.41. The van der Waals surface area contributed by atoms with Crippen LogP contribution in [0.25, 0.3) is 0 Å². The van der Waals surface area contributed by atoms with Gasteiger partial charge >= 0.3 is 6.09 Å². The number of aryl methyl sites for hydroxylation is 1. The summed E-state index contributed by atoms with van der Waals surface area (Å²) in [4.78, 5) is 22.7. The molecule has 21 heavy (non-hydrogen) atoms. The summed E-state index contributed by atoms with van der Waals surface area (Å²) in [5.41, 5.74) is 2.92. The third-order valence-corrected chi connectivity index (χ3v) is 2.69. The molecule has 0 heterocycles. The van der Waals surface area contributed by atoms with Gasteiger partial charge in [0.2, 0.25) is 5.91 Å². The Morgan fingerprint density at radius 1 is 1.19 bits per heavy atom. The second kappa shape index (κ2) is 7.64. The molecule has 0 saturated heterocycles. The van der Waals surface area contributed by atoms with Crippen LogP contribution in [0.1, 0.15) is 38.3 Å². The highest BCUT2D eigenvalue weighted by molar-refractivity contribution is 5.74. The number of rotatable bonds is 5. The van der Waals surface area contributed by atoms with Crippen molar-refractivity contribution >= 4 is 12.0 Å². The molecule has 2 amide bonds. The lowest BCUT2D eigenvalue weighted by Gasteiger charge is -2.20. The number of ether oxygens (including phenoxy) is 1. The zero-order valence-corrected chi connectivity index (χ0v) is 12.6. The van der Waals surface area contributed by atoms with E-state index in [4.69, 9.17) is 9.94 Å². The monoisotopic (exact) mass is 294 g/mol. The van der Waals surface area contributed by atoms with Gasteiger partial charge in [0.15, 0.2) is 0 Å². The van der Waals surface area contributed by atoms with E-state index in [-0.39, 0.29) is 6.42 Å². The van der Waals surface area contributed by atoms with E-state index in [0.29, 0.717) is 13.0 Å². The molecule has 0 fully saturated rings. The second-order valence-corrected chi connectivity index (χ2v) is 5.66. The van der Waals surface area contributed by atoms with Crippen LogP contribution < -0.4 is 10.8 Å². The summed E-state index contributed by atoms with van der Waals surface area (Å²) < 4.78 is 5.17. The Morgan fingerprint density at radius 2 is 1.81 bits per heavy atom. The molecule has 0 aliphatic carbocycles. The first kappa shape index (κ1) is 17.0. The lowest BCUT2D eigenvalue weighted by atomic mass is 10.0. The number of benzene rings is 1. The number of hydrogen-bond donors (Lipinski definition) is 3. The van der Waals surface area contributed by atoms with E-state index in [1.807, 2.05) is 24.3 Å². The van der Waals surface area contributed by atoms with Crippen molar-refractivity contribution in [2.24, 2.45) is 0 Å². The van der Waals surface area contributed by atoms with E-state index in [0.717, 1.165) is 11.1 Å². The van der Waals surface area contributed by atoms with Gasteiger partial charge in [-0.05, 0) is 38.3 Å². The van der Waals surface area contributed by atoms with Crippen LogP contribution in [-0.4, -0.2) is 22.8 Å². The Morgan fingerprint density at radius 3 is 2.38 bits per heavy atom. The minimum absolute atomic E-state index is 0.181. The Balaban J connectivity index is 2.59. The third-order valence-electron chi connectivity index (χ3n) is 2.69. The molecule has 1 rings (SSSR count). The van der Waals surface area contributed by atoms with Crippen LogP contribution in [0.2, 0.25) is 0 Å². The Bertz CT molecular complexity index is 495. The quantitative estimate of drug-likeness (QED) is 0.573. The lowest BCUT2D eigenvalue weighted by Crippen LogP contribution is -2.32. The maximum Gasteiger partial charge on any atom is 0.407 e. The maximum absolute atomic E-state index is 11.6. The highest BCUT2D eigenvalue weighted by Crippen LogP contribution is 2.12.